The molecule has 0 amide bonds. The first-order chi connectivity index (χ1) is 16.3. The van der Waals surface area contributed by atoms with Crippen LogP contribution in [0.5, 0.6) is 5.75 Å². The molecule has 3 aromatic carbocycles. The lowest BCUT2D eigenvalue weighted by molar-refractivity contribution is 0.0600. The van der Waals surface area contributed by atoms with Crippen LogP contribution in [0.25, 0.3) is 0 Å². The largest absolute Gasteiger partial charge is 0.489 e. The molecule has 0 aliphatic rings. The van der Waals surface area contributed by atoms with Crippen molar-refractivity contribution in [3.05, 3.63) is 95.1 Å². The molecule has 0 aromatic heterocycles. The van der Waals surface area contributed by atoms with Gasteiger partial charge in [-0.25, -0.2) is 4.79 Å². The average Bonchev–Trinajstić information content (AvgIpc) is 2.83. The van der Waals surface area contributed by atoms with Crippen molar-refractivity contribution in [3.63, 3.8) is 0 Å². The molecule has 4 nitrogen and oxygen atoms in total. The van der Waals surface area contributed by atoms with Gasteiger partial charge in [-0.1, -0.05) is 49.4 Å². The van der Waals surface area contributed by atoms with E-state index >= 15 is 0 Å². The summed E-state index contributed by atoms with van der Waals surface area (Å²) in [5.74, 6) is 0.528. The van der Waals surface area contributed by atoms with Gasteiger partial charge in [0.1, 0.15) is 12.4 Å². The van der Waals surface area contributed by atoms with Gasteiger partial charge in [0.2, 0.25) is 0 Å². The number of methoxy groups -OCH3 is 1. The molecule has 180 valence electrons. The van der Waals surface area contributed by atoms with Crippen molar-refractivity contribution in [1.82, 2.24) is 0 Å². The number of hydrogen-bond donors (Lipinski definition) is 0. The van der Waals surface area contributed by atoms with Crippen molar-refractivity contribution in [3.8, 4) is 5.75 Å². The summed E-state index contributed by atoms with van der Waals surface area (Å²) < 4.78 is 11.3. The topological polar surface area (TPSA) is 38.8 Å². The van der Waals surface area contributed by atoms with Crippen LogP contribution in [-0.4, -0.2) is 25.2 Å². The van der Waals surface area contributed by atoms with E-state index in [1.165, 1.54) is 18.4 Å². The van der Waals surface area contributed by atoms with Crippen LogP contribution >= 0.6 is 0 Å². The number of nitrogens with zero attached hydrogens (tertiary/aromatic N) is 1. The quantitative estimate of drug-likeness (QED) is 0.300. The third-order valence-electron chi connectivity index (χ3n) is 6.14. The number of hydrogen-bond acceptors (Lipinski definition) is 4. The van der Waals surface area contributed by atoms with Gasteiger partial charge < -0.3 is 14.4 Å². The summed E-state index contributed by atoms with van der Waals surface area (Å²) in [6.07, 6.45) is 0.874. The number of esters is 1. The molecule has 0 aliphatic carbocycles. The molecule has 0 saturated heterocycles. The Morgan fingerprint density at radius 2 is 1.59 bits per heavy atom. The maximum Gasteiger partial charge on any atom is 0.337 e. The minimum atomic E-state index is -0.342. The number of carbonyl (C=O) groups is 1. The number of rotatable bonds is 10. The van der Waals surface area contributed by atoms with Crippen LogP contribution < -0.4 is 9.64 Å². The number of ether oxygens (including phenoxy) is 2. The molecule has 0 spiro atoms. The van der Waals surface area contributed by atoms with E-state index in [2.05, 4.69) is 75.9 Å². The molecule has 3 aromatic rings. The van der Waals surface area contributed by atoms with Crippen molar-refractivity contribution in [1.29, 1.82) is 0 Å². The third kappa shape index (κ3) is 5.99. The molecule has 34 heavy (non-hydrogen) atoms. The molecular weight excluding hydrogens is 422 g/mol. The second-order valence-corrected chi connectivity index (χ2v) is 9.17. The summed E-state index contributed by atoms with van der Waals surface area (Å²) in [6, 6.07) is 25.2. The monoisotopic (exact) mass is 459 g/mol. The van der Waals surface area contributed by atoms with E-state index in [4.69, 9.17) is 9.47 Å². The van der Waals surface area contributed by atoms with Gasteiger partial charge in [-0.3, -0.25) is 0 Å². The Labute approximate surface area is 204 Å². The zero-order valence-electron chi connectivity index (χ0n) is 21.2. The third-order valence-corrected chi connectivity index (χ3v) is 6.14. The Morgan fingerprint density at radius 3 is 2.21 bits per heavy atom. The number of anilines is 1. The predicted molar refractivity (Wildman–Crippen MR) is 140 cm³/mol. The van der Waals surface area contributed by atoms with Gasteiger partial charge in [0, 0.05) is 29.3 Å². The lowest BCUT2D eigenvalue weighted by atomic mass is 9.87. The molecule has 1 unspecified atom stereocenters. The van der Waals surface area contributed by atoms with Crippen LogP contribution in [0.15, 0.2) is 72.8 Å². The van der Waals surface area contributed by atoms with Gasteiger partial charge in [0.25, 0.3) is 0 Å². The molecule has 0 bridgehead atoms. The fourth-order valence-corrected chi connectivity index (χ4v) is 4.66. The van der Waals surface area contributed by atoms with Crippen molar-refractivity contribution in [2.75, 3.05) is 12.0 Å². The van der Waals surface area contributed by atoms with Crippen molar-refractivity contribution >= 4 is 11.7 Å². The maximum absolute atomic E-state index is 12.3. The second kappa shape index (κ2) is 11.7. The molecule has 0 N–H and O–H groups in total. The van der Waals surface area contributed by atoms with E-state index in [0.29, 0.717) is 24.3 Å². The molecule has 4 heteroatoms. The standard InChI is InChI=1S/C30H37NO3/c1-7-27(24-14-11-15-26(18-24)31(21(2)3)22(4)5)28-19-25(30(32)33-6)16-17-29(28)34-20-23-12-9-8-10-13-23/h8-19,21-22,27H,7,20H2,1-6H3. The van der Waals surface area contributed by atoms with Crippen LogP contribution in [0, 0.1) is 0 Å². The summed E-state index contributed by atoms with van der Waals surface area (Å²) in [5.41, 5.74) is 5.05. The molecule has 0 fully saturated rings. The molecule has 0 heterocycles. The first-order valence-electron chi connectivity index (χ1n) is 12.1. The molecular formula is C30H37NO3. The maximum atomic E-state index is 12.3. The van der Waals surface area contributed by atoms with Gasteiger partial charge in [-0.05, 0) is 75.6 Å². The summed E-state index contributed by atoms with van der Waals surface area (Å²) in [4.78, 5) is 14.8. The van der Waals surface area contributed by atoms with Crippen molar-refractivity contribution in [2.24, 2.45) is 0 Å². The predicted octanol–water partition coefficient (Wildman–Crippen LogP) is 7.22. The van der Waals surface area contributed by atoms with E-state index in [0.717, 1.165) is 23.3 Å². The molecule has 1 atom stereocenters. The normalized spacial score (nSPS) is 12.0. The Kier molecular flexibility index (Phi) is 8.75. The highest BCUT2D eigenvalue weighted by atomic mass is 16.5. The fourth-order valence-electron chi connectivity index (χ4n) is 4.66. The lowest BCUT2D eigenvalue weighted by Gasteiger charge is -2.34. The van der Waals surface area contributed by atoms with Crippen LogP contribution in [0.1, 0.15) is 74.0 Å². The van der Waals surface area contributed by atoms with Crippen molar-refractivity contribution < 1.29 is 14.3 Å². The van der Waals surface area contributed by atoms with Crippen LogP contribution in [0.4, 0.5) is 5.69 Å². The van der Waals surface area contributed by atoms with Gasteiger partial charge in [0.05, 0.1) is 12.7 Å². The van der Waals surface area contributed by atoms with Crippen molar-refractivity contribution in [2.45, 2.75) is 65.6 Å². The molecule has 0 aliphatic heterocycles. The Bertz CT molecular complexity index is 1070. The minimum Gasteiger partial charge on any atom is -0.489 e. The Morgan fingerprint density at radius 1 is 0.882 bits per heavy atom. The van der Waals surface area contributed by atoms with Crippen LogP contribution in [0.3, 0.4) is 0 Å². The summed E-state index contributed by atoms with van der Waals surface area (Å²) in [5, 5.41) is 0. The smallest absolute Gasteiger partial charge is 0.337 e. The van der Waals surface area contributed by atoms with E-state index in [1.54, 1.807) is 6.07 Å². The van der Waals surface area contributed by atoms with E-state index in [-0.39, 0.29) is 11.9 Å². The zero-order valence-corrected chi connectivity index (χ0v) is 21.2. The zero-order chi connectivity index (χ0) is 24.7. The summed E-state index contributed by atoms with van der Waals surface area (Å²) in [7, 11) is 1.41. The van der Waals surface area contributed by atoms with E-state index < -0.39 is 0 Å². The molecule has 0 saturated carbocycles. The molecule has 0 radical (unpaired) electrons. The number of benzene rings is 3. The van der Waals surface area contributed by atoms with Gasteiger partial charge in [-0.2, -0.15) is 0 Å². The van der Waals surface area contributed by atoms with Gasteiger partial charge in [0.15, 0.2) is 0 Å². The highest BCUT2D eigenvalue weighted by Gasteiger charge is 2.22. The van der Waals surface area contributed by atoms with Crippen LogP contribution in [0.2, 0.25) is 0 Å². The Balaban J connectivity index is 2.03. The molecule has 3 rings (SSSR count). The highest BCUT2D eigenvalue weighted by molar-refractivity contribution is 5.89. The Hall–Kier alpha value is -3.27. The van der Waals surface area contributed by atoms with E-state index in [1.807, 2.05) is 30.3 Å². The SMILES string of the molecule is CCC(c1cccc(N(C(C)C)C(C)C)c1)c1cc(C(=O)OC)ccc1OCc1ccccc1. The first kappa shape index (κ1) is 25.4. The first-order valence-corrected chi connectivity index (χ1v) is 12.1. The average molecular weight is 460 g/mol. The number of carbonyl (C=O) groups excluding carboxylic acids is 1. The van der Waals surface area contributed by atoms with Gasteiger partial charge >= 0.3 is 5.97 Å². The minimum absolute atomic E-state index is 0.0801. The lowest BCUT2D eigenvalue weighted by Crippen LogP contribution is -2.37. The van der Waals surface area contributed by atoms with Gasteiger partial charge in [-0.15, -0.1) is 0 Å². The van der Waals surface area contributed by atoms with Crippen LogP contribution in [-0.2, 0) is 11.3 Å². The van der Waals surface area contributed by atoms with E-state index in [9.17, 15) is 4.79 Å². The summed E-state index contributed by atoms with van der Waals surface area (Å²) in [6.45, 7) is 11.5. The highest BCUT2D eigenvalue weighted by Crippen LogP contribution is 2.37. The second-order valence-electron chi connectivity index (χ2n) is 9.17. The fraction of sp³-hybridized carbons (Fsp3) is 0.367. The summed E-state index contributed by atoms with van der Waals surface area (Å²) >= 11 is 0.